The van der Waals surface area contributed by atoms with Crippen LogP contribution in [0.1, 0.15) is 25.3 Å². The highest BCUT2D eigenvalue weighted by atomic mass is 16.5. The predicted molar refractivity (Wildman–Crippen MR) is 120 cm³/mol. The summed E-state index contributed by atoms with van der Waals surface area (Å²) < 4.78 is 8.01. The Kier molecular flexibility index (Phi) is 6.09. The van der Waals surface area contributed by atoms with Crippen LogP contribution in [0, 0.1) is 0 Å². The highest BCUT2D eigenvalue weighted by Crippen LogP contribution is 2.24. The lowest BCUT2D eigenvalue weighted by Crippen LogP contribution is -2.12. The number of ether oxygens (including phenoxy) is 1. The van der Waals surface area contributed by atoms with Crippen molar-refractivity contribution < 1.29 is 9.53 Å². The second-order valence-electron chi connectivity index (χ2n) is 7.23. The highest BCUT2D eigenvalue weighted by molar-refractivity contribution is 5.91. The molecule has 0 spiro atoms. The fourth-order valence-corrected chi connectivity index (χ4v) is 3.57. The first-order chi connectivity index (χ1) is 14.7. The Hall–Kier alpha value is -3.60. The molecule has 0 atom stereocenters. The number of hydrogen-bond acceptors (Lipinski definition) is 3. The number of carbonyl (C=O) groups excluding carboxylic acids is 1. The van der Waals surface area contributed by atoms with Crippen molar-refractivity contribution in [2.75, 3.05) is 5.32 Å². The van der Waals surface area contributed by atoms with E-state index in [4.69, 9.17) is 4.74 Å². The van der Waals surface area contributed by atoms with Crippen LogP contribution in [0.5, 0.6) is 11.5 Å². The third-order valence-corrected chi connectivity index (χ3v) is 4.97. The van der Waals surface area contributed by atoms with Crippen molar-refractivity contribution in [3.63, 3.8) is 0 Å². The number of nitrogens with zero attached hydrogens (tertiary/aromatic N) is 2. The number of aromatic nitrogens is 2. The fraction of sp³-hybridized carbons (Fsp3) is 0.200. The summed E-state index contributed by atoms with van der Waals surface area (Å²) >= 11 is 0. The summed E-state index contributed by atoms with van der Waals surface area (Å²) in [7, 11) is 0. The molecule has 0 aliphatic rings. The SMILES string of the molecule is CCCn1cc(CCC(=O)Nc2ccc(Oc3cccnc3)cc2)c2ccccc21. The molecule has 4 rings (SSSR count). The van der Waals surface area contributed by atoms with Gasteiger partial charge in [0.1, 0.15) is 11.5 Å². The van der Waals surface area contributed by atoms with E-state index < -0.39 is 0 Å². The van der Waals surface area contributed by atoms with Gasteiger partial charge in [0, 0.05) is 41.9 Å². The predicted octanol–water partition coefficient (Wildman–Crippen LogP) is 5.81. The van der Waals surface area contributed by atoms with Crippen LogP contribution in [0.4, 0.5) is 5.69 Å². The van der Waals surface area contributed by atoms with Crippen molar-refractivity contribution in [2.24, 2.45) is 0 Å². The number of nitrogens with one attached hydrogen (secondary N) is 1. The van der Waals surface area contributed by atoms with E-state index >= 15 is 0 Å². The molecule has 0 aliphatic heterocycles. The maximum absolute atomic E-state index is 12.5. The molecule has 0 saturated heterocycles. The van der Waals surface area contributed by atoms with Gasteiger partial charge >= 0.3 is 0 Å². The largest absolute Gasteiger partial charge is 0.456 e. The molecule has 0 radical (unpaired) electrons. The average molecular weight is 399 g/mol. The number of hydrogen-bond donors (Lipinski definition) is 1. The van der Waals surface area contributed by atoms with Crippen LogP contribution in [0.15, 0.2) is 79.3 Å². The normalized spacial score (nSPS) is 10.8. The van der Waals surface area contributed by atoms with E-state index in [1.54, 1.807) is 12.4 Å². The summed E-state index contributed by atoms with van der Waals surface area (Å²) in [5, 5.41) is 4.20. The van der Waals surface area contributed by atoms with E-state index in [9.17, 15) is 4.79 Å². The number of amides is 1. The topological polar surface area (TPSA) is 56.2 Å². The summed E-state index contributed by atoms with van der Waals surface area (Å²) in [5.74, 6) is 1.38. The van der Waals surface area contributed by atoms with Crippen LogP contribution in [0.3, 0.4) is 0 Å². The summed E-state index contributed by atoms with van der Waals surface area (Å²) in [6.45, 7) is 3.16. The number of anilines is 1. The zero-order valence-electron chi connectivity index (χ0n) is 17.0. The van der Waals surface area contributed by atoms with Gasteiger partial charge in [0.15, 0.2) is 0 Å². The first kappa shape index (κ1) is 19.7. The molecule has 2 aromatic heterocycles. The van der Waals surface area contributed by atoms with E-state index in [-0.39, 0.29) is 5.91 Å². The van der Waals surface area contributed by atoms with Crippen LogP contribution >= 0.6 is 0 Å². The van der Waals surface area contributed by atoms with Gasteiger partial charge in [-0.3, -0.25) is 9.78 Å². The zero-order valence-corrected chi connectivity index (χ0v) is 17.0. The van der Waals surface area contributed by atoms with Gasteiger partial charge in [-0.15, -0.1) is 0 Å². The van der Waals surface area contributed by atoms with Crippen molar-refractivity contribution in [3.8, 4) is 11.5 Å². The third-order valence-electron chi connectivity index (χ3n) is 4.97. The molecule has 2 heterocycles. The van der Waals surface area contributed by atoms with Gasteiger partial charge in [-0.2, -0.15) is 0 Å². The maximum Gasteiger partial charge on any atom is 0.224 e. The van der Waals surface area contributed by atoms with Gasteiger partial charge in [0.25, 0.3) is 0 Å². The summed E-state index contributed by atoms with van der Waals surface area (Å²) in [6.07, 6.45) is 7.78. The Labute approximate surface area is 176 Å². The Bertz CT molecular complexity index is 1120. The van der Waals surface area contributed by atoms with E-state index in [1.807, 2.05) is 36.4 Å². The molecule has 2 aromatic carbocycles. The number of para-hydroxylation sites is 1. The second kappa shape index (κ2) is 9.27. The van der Waals surface area contributed by atoms with Crippen LogP contribution in [-0.2, 0) is 17.8 Å². The minimum Gasteiger partial charge on any atom is -0.456 e. The molecule has 0 bridgehead atoms. The van der Waals surface area contributed by atoms with E-state index in [0.717, 1.165) is 18.7 Å². The minimum atomic E-state index is 0.00301. The van der Waals surface area contributed by atoms with E-state index in [2.05, 4.69) is 52.3 Å². The van der Waals surface area contributed by atoms with Crippen molar-refractivity contribution in [2.45, 2.75) is 32.7 Å². The molecular formula is C25H25N3O2. The lowest BCUT2D eigenvalue weighted by atomic mass is 10.1. The summed E-state index contributed by atoms with van der Waals surface area (Å²) in [5.41, 5.74) is 3.21. The first-order valence-corrected chi connectivity index (χ1v) is 10.3. The minimum absolute atomic E-state index is 0.00301. The standard InChI is InChI=1S/C25H25N3O2/c1-2-16-28-18-19(23-7-3-4-8-24(23)28)9-14-25(29)27-20-10-12-21(13-11-20)30-22-6-5-15-26-17-22/h3-8,10-13,15,17-18H,2,9,14,16H2,1H3,(H,27,29). The maximum atomic E-state index is 12.5. The Balaban J connectivity index is 1.35. The number of carbonyl (C=O) groups is 1. The fourth-order valence-electron chi connectivity index (χ4n) is 3.57. The molecule has 30 heavy (non-hydrogen) atoms. The van der Waals surface area contributed by atoms with Gasteiger partial charge < -0.3 is 14.6 Å². The van der Waals surface area contributed by atoms with Crippen molar-refractivity contribution in [1.29, 1.82) is 0 Å². The molecule has 0 aliphatic carbocycles. The van der Waals surface area contributed by atoms with Gasteiger partial charge in [-0.1, -0.05) is 25.1 Å². The smallest absolute Gasteiger partial charge is 0.224 e. The second-order valence-corrected chi connectivity index (χ2v) is 7.23. The van der Waals surface area contributed by atoms with E-state index in [1.165, 1.54) is 16.5 Å². The Morgan fingerprint density at radius 1 is 1.03 bits per heavy atom. The van der Waals surface area contributed by atoms with Crippen molar-refractivity contribution in [3.05, 3.63) is 84.8 Å². The number of benzene rings is 2. The Morgan fingerprint density at radius 3 is 2.63 bits per heavy atom. The zero-order chi connectivity index (χ0) is 20.8. The third kappa shape index (κ3) is 4.69. The lowest BCUT2D eigenvalue weighted by Gasteiger charge is -2.08. The van der Waals surface area contributed by atoms with Crippen molar-refractivity contribution in [1.82, 2.24) is 9.55 Å². The number of rotatable bonds is 8. The number of fused-ring (bicyclic) bond motifs is 1. The monoisotopic (exact) mass is 399 g/mol. The van der Waals surface area contributed by atoms with Gasteiger partial charge in [-0.25, -0.2) is 0 Å². The number of pyridine rings is 1. The molecule has 152 valence electrons. The number of aryl methyl sites for hydroxylation is 2. The molecule has 1 amide bonds. The molecule has 0 saturated carbocycles. The van der Waals surface area contributed by atoms with Gasteiger partial charge in [-0.05, 0) is 60.9 Å². The first-order valence-electron chi connectivity index (χ1n) is 10.3. The molecule has 5 nitrogen and oxygen atoms in total. The molecule has 1 N–H and O–H groups in total. The highest BCUT2D eigenvalue weighted by Gasteiger charge is 2.10. The Morgan fingerprint density at radius 2 is 1.87 bits per heavy atom. The average Bonchev–Trinajstić information content (AvgIpc) is 3.12. The van der Waals surface area contributed by atoms with Crippen molar-refractivity contribution >= 4 is 22.5 Å². The molecule has 0 fully saturated rings. The van der Waals surface area contributed by atoms with E-state index in [0.29, 0.717) is 24.3 Å². The summed E-state index contributed by atoms with van der Waals surface area (Å²) in [4.78, 5) is 16.5. The summed E-state index contributed by atoms with van der Waals surface area (Å²) in [6, 6.07) is 19.4. The van der Waals surface area contributed by atoms with Crippen LogP contribution in [0.2, 0.25) is 0 Å². The lowest BCUT2D eigenvalue weighted by molar-refractivity contribution is -0.116. The quantitative estimate of drug-likeness (QED) is 0.407. The van der Waals surface area contributed by atoms with Gasteiger partial charge in [0.05, 0.1) is 6.20 Å². The molecular weight excluding hydrogens is 374 g/mol. The molecule has 4 aromatic rings. The van der Waals surface area contributed by atoms with Crippen LogP contribution < -0.4 is 10.1 Å². The van der Waals surface area contributed by atoms with Crippen LogP contribution in [0.25, 0.3) is 10.9 Å². The molecule has 0 unspecified atom stereocenters. The van der Waals surface area contributed by atoms with Gasteiger partial charge in [0.2, 0.25) is 5.91 Å². The van der Waals surface area contributed by atoms with Crippen LogP contribution in [-0.4, -0.2) is 15.5 Å². The molecule has 5 heteroatoms.